The Balaban J connectivity index is 1.85. The molecule has 1 fully saturated rings. The van der Waals surface area contributed by atoms with Crippen molar-refractivity contribution < 1.29 is 0 Å². The van der Waals surface area contributed by atoms with Gasteiger partial charge in [0.15, 0.2) is 0 Å². The van der Waals surface area contributed by atoms with Crippen LogP contribution in [0.2, 0.25) is 0 Å². The van der Waals surface area contributed by atoms with E-state index >= 15 is 0 Å². The molecule has 0 saturated carbocycles. The summed E-state index contributed by atoms with van der Waals surface area (Å²) < 4.78 is 0. The molecule has 2 heteroatoms. The molecule has 0 bridgehead atoms. The summed E-state index contributed by atoms with van der Waals surface area (Å²) in [6, 6.07) is 9.96. The first-order valence-corrected chi connectivity index (χ1v) is 7.31. The summed E-state index contributed by atoms with van der Waals surface area (Å²) in [6.07, 6.45) is 5.06. The summed E-state index contributed by atoms with van der Waals surface area (Å²) in [5.74, 6) is 0.739. The Morgan fingerprint density at radius 1 is 1.22 bits per heavy atom. The van der Waals surface area contributed by atoms with Crippen LogP contribution in [0.4, 0.5) is 0 Å². The minimum atomic E-state index is 0.364. The summed E-state index contributed by atoms with van der Waals surface area (Å²) in [5.41, 5.74) is 9.32. The first-order valence-electron chi connectivity index (χ1n) is 7.31. The van der Waals surface area contributed by atoms with Crippen molar-refractivity contribution in [3.8, 4) is 0 Å². The number of benzene rings is 1. The van der Waals surface area contributed by atoms with Crippen LogP contribution in [0.25, 0.3) is 0 Å². The highest BCUT2D eigenvalue weighted by Crippen LogP contribution is 2.36. The maximum atomic E-state index is 6.20. The monoisotopic (exact) mass is 244 g/mol. The van der Waals surface area contributed by atoms with E-state index in [0.717, 1.165) is 12.5 Å². The second-order valence-corrected chi connectivity index (χ2v) is 6.16. The Morgan fingerprint density at radius 3 is 2.89 bits per heavy atom. The van der Waals surface area contributed by atoms with Crippen LogP contribution >= 0.6 is 0 Å². The van der Waals surface area contributed by atoms with E-state index in [4.69, 9.17) is 5.73 Å². The average molecular weight is 244 g/mol. The number of likely N-dealkylation sites (tertiary alicyclic amines) is 1. The van der Waals surface area contributed by atoms with Crippen LogP contribution in [0.3, 0.4) is 0 Å². The SMILES string of the molecule is CC1CC(N)CN(C2CCCc3ccccc32)C1. The molecular formula is C16H24N2. The number of rotatable bonds is 1. The minimum absolute atomic E-state index is 0.364. The van der Waals surface area contributed by atoms with Crippen LogP contribution in [-0.2, 0) is 6.42 Å². The molecule has 0 radical (unpaired) electrons. The molecule has 3 unspecified atom stereocenters. The van der Waals surface area contributed by atoms with Gasteiger partial charge in [-0.2, -0.15) is 0 Å². The molecule has 2 aliphatic rings. The third kappa shape index (κ3) is 2.32. The number of fused-ring (bicyclic) bond motifs is 1. The number of hydrogen-bond donors (Lipinski definition) is 1. The second kappa shape index (κ2) is 5.02. The molecule has 1 aliphatic heterocycles. The fourth-order valence-electron chi connectivity index (χ4n) is 3.80. The van der Waals surface area contributed by atoms with Gasteiger partial charge in [-0.1, -0.05) is 31.2 Å². The predicted octanol–water partition coefficient (Wildman–Crippen LogP) is 2.73. The Bertz CT molecular complexity index is 405. The van der Waals surface area contributed by atoms with Crippen LogP contribution in [0.15, 0.2) is 24.3 Å². The Morgan fingerprint density at radius 2 is 2.06 bits per heavy atom. The maximum Gasteiger partial charge on any atom is 0.0351 e. The molecule has 1 saturated heterocycles. The molecule has 3 rings (SSSR count). The topological polar surface area (TPSA) is 29.3 Å². The van der Waals surface area contributed by atoms with Crippen molar-refractivity contribution in [3.05, 3.63) is 35.4 Å². The summed E-state index contributed by atoms with van der Waals surface area (Å²) in [4.78, 5) is 2.64. The fourth-order valence-corrected chi connectivity index (χ4v) is 3.80. The van der Waals surface area contributed by atoms with Crippen molar-refractivity contribution in [2.75, 3.05) is 13.1 Å². The van der Waals surface area contributed by atoms with Gasteiger partial charge in [0.05, 0.1) is 0 Å². The molecule has 18 heavy (non-hydrogen) atoms. The Labute approximate surface area is 110 Å². The van der Waals surface area contributed by atoms with Crippen molar-refractivity contribution in [1.29, 1.82) is 0 Å². The van der Waals surface area contributed by atoms with Crippen LogP contribution in [0.1, 0.15) is 43.4 Å². The minimum Gasteiger partial charge on any atom is -0.327 e. The molecule has 0 spiro atoms. The van der Waals surface area contributed by atoms with E-state index in [1.807, 2.05) is 0 Å². The Hall–Kier alpha value is -0.860. The van der Waals surface area contributed by atoms with Crippen molar-refractivity contribution >= 4 is 0 Å². The molecule has 2 nitrogen and oxygen atoms in total. The molecule has 1 aliphatic carbocycles. The first kappa shape index (κ1) is 12.2. The number of hydrogen-bond acceptors (Lipinski definition) is 2. The van der Waals surface area contributed by atoms with Gasteiger partial charge in [0.1, 0.15) is 0 Å². The van der Waals surface area contributed by atoms with Gasteiger partial charge in [-0.05, 0) is 42.7 Å². The van der Waals surface area contributed by atoms with E-state index in [2.05, 4.69) is 36.1 Å². The summed E-state index contributed by atoms with van der Waals surface area (Å²) in [5, 5.41) is 0. The molecule has 2 N–H and O–H groups in total. The molecule has 0 amide bonds. The van der Waals surface area contributed by atoms with Gasteiger partial charge in [-0.15, -0.1) is 0 Å². The van der Waals surface area contributed by atoms with Crippen LogP contribution in [0.5, 0.6) is 0 Å². The van der Waals surface area contributed by atoms with Gasteiger partial charge in [0.2, 0.25) is 0 Å². The van der Waals surface area contributed by atoms with E-state index in [9.17, 15) is 0 Å². The molecule has 3 atom stereocenters. The summed E-state index contributed by atoms with van der Waals surface area (Å²) >= 11 is 0. The molecule has 1 aromatic carbocycles. The van der Waals surface area contributed by atoms with Gasteiger partial charge in [-0.25, -0.2) is 0 Å². The lowest BCUT2D eigenvalue weighted by Crippen LogP contribution is -2.48. The average Bonchev–Trinajstić information content (AvgIpc) is 2.37. The van der Waals surface area contributed by atoms with Crippen molar-refractivity contribution in [3.63, 3.8) is 0 Å². The number of piperidine rings is 1. The number of aryl methyl sites for hydroxylation is 1. The van der Waals surface area contributed by atoms with Crippen molar-refractivity contribution in [1.82, 2.24) is 4.90 Å². The van der Waals surface area contributed by atoms with Gasteiger partial charge < -0.3 is 5.73 Å². The van der Waals surface area contributed by atoms with E-state index in [1.54, 1.807) is 11.1 Å². The normalized spacial score (nSPS) is 33.1. The standard InChI is InChI=1S/C16H24N2/c1-12-9-14(17)11-18(10-12)16-8-4-6-13-5-2-3-7-15(13)16/h2-3,5,7,12,14,16H,4,6,8-11,17H2,1H3. The Kier molecular flexibility index (Phi) is 3.40. The molecule has 1 heterocycles. The van der Waals surface area contributed by atoms with Crippen LogP contribution in [-0.4, -0.2) is 24.0 Å². The van der Waals surface area contributed by atoms with E-state index in [1.165, 1.54) is 32.2 Å². The largest absolute Gasteiger partial charge is 0.327 e. The van der Waals surface area contributed by atoms with E-state index < -0.39 is 0 Å². The van der Waals surface area contributed by atoms with Crippen LogP contribution in [0, 0.1) is 5.92 Å². The highest BCUT2D eigenvalue weighted by atomic mass is 15.2. The van der Waals surface area contributed by atoms with Crippen molar-refractivity contribution in [2.45, 2.75) is 44.7 Å². The van der Waals surface area contributed by atoms with Gasteiger partial charge >= 0.3 is 0 Å². The van der Waals surface area contributed by atoms with Crippen molar-refractivity contribution in [2.24, 2.45) is 11.7 Å². The lowest BCUT2D eigenvalue weighted by atomic mass is 9.84. The van der Waals surface area contributed by atoms with Gasteiger partial charge in [0.25, 0.3) is 0 Å². The zero-order valence-corrected chi connectivity index (χ0v) is 11.3. The highest BCUT2D eigenvalue weighted by molar-refractivity contribution is 5.32. The third-order valence-corrected chi connectivity index (χ3v) is 4.50. The third-order valence-electron chi connectivity index (χ3n) is 4.50. The zero-order valence-electron chi connectivity index (χ0n) is 11.3. The summed E-state index contributed by atoms with van der Waals surface area (Å²) in [6.45, 7) is 4.62. The lowest BCUT2D eigenvalue weighted by molar-refractivity contribution is 0.105. The van der Waals surface area contributed by atoms with Crippen LogP contribution < -0.4 is 5.73 Å². The quantitative estimate of drug-likeness (QED) is 0.823. The second-order valence-electron chi connectivity index (χ2n) is 6.16. The van der Waals surface area contributed by atoms with E-state index in [-0.39, 0.29) is 0 Å². The smallest absolute Gasteiger partial charge is 0.0351 e. The number of nitrogens with two attached hydrogens (primary N) is 1. The van der Waals surface area contributed by atoms with Gasteiger partial charge in [0, 0.05) is 25.2 Å². The predicted molar refractivity (Wildman–Crippen MR) is 75.5 cm³/mol. The van der Waals surface area contributed by atoms with E-state index in [0.29, 0.717) is 12.1 Å². The zero-order chi connectivity index (χ0) is 12.5. The lowest BCUT2D eigenvalue weighted by Gasteiger charge is -2.42. The highest BCUT2D eigenvalue weighted by Gasteiger charge is 2.30. The molecule has 0 aromatic heterocycles. The fraction of sp³-hybridized carbons (Fsp3) is 0.625. The maximum absolute atomic E-state index is 6.20. The van der Waals surface area contributed by atoms with Gasteiger partial charge in [-0.3, -0.25) is 4.90 Å². The number of nitrogens with zero attached hydrogens (tertiary/aromatic N) is 1. The first-order chi connectivity index (χ1) is 8.74. The molecule has 1 aromatic rings. The molecular weight excluding hydrogens is 220 g/mol. The summed E-state index contributed by atoms with van der Waals surface area (Å²) in [7, 11) is 0. The molecule has 98 valence electrons.